The summed E-state index contributed by atoms with van der Waals surface area (Å²) in [6.07, 6.45) is 2.61. The van der Waals surface area contributed by atoms with Crippen LogP contribution in [-0.4, -0.2) is 35.0 Å². The van der Waals surface area contributed by atoms with Crippen molar-refractivity contribution in [1.82, 2.24) is 10.3 Å². The Kier molecular flexibility index (Phi) is 5.32. The Morgan fingerprint density at radius 3 is 2.54 bits per heavy atom. The summed E-state index contributed by atoms with van der Waals surface area (Å²) >= 11 is 0. The minimum Gasteiger partial charge on any atom is -0.481 e. The molecule has 1 fully saturated rings. The molecular weight excluding hydrogens is 332 g/mol. The van der Waals surface area contributed by atoms with E-state index in [0.29, 0.717) is 29.8 Å². The van der Waals surface area contributed by atoms with Gasteiger partial charge in [0.15, 0.2) is 5.78 Å². The fourth-order valence-corrected chi connectivity index (χ4v) is 3.18. The number of nitrogens with zero attached hydrogens (tertiary/aromatic N) is 1. The summed E-state index contributed by atoms with van der Waals surface area (Å²) in [5.41, 5.74) is 1.79. The number of ether oxygens (including phenoxy) is 1. The number of hydrogen-bond acceptors (Lipinski definition) is 5. The summed E-state index contributed by atoms with van der Waals surface area (Å²) < 4.78 is 5.08. The molecule has 1 atom stereocenters. The van der Waals surface area contributed by atoms with E-state index in [9.17, 15) is 14.7 Å². The normalized spacial score (nSPS) is 20.0. The molecule has 0 aliphatic heterocycles. The van der Waals surface area contributed by atoms with E-state index >= 15 is 0 Å². The molecule has 0 radical (unpaired) electrons. The van der Waals surface area contributed by atoms with E-state index in [1.165, 1.54) is 6.92 Å². The molecule has 1 heterocycles. The number of rotatable bonds is 6. The standard InChI is InChI=1S/C20H22N2O4/c1-12(23)13-4-3-5-14(8-13)20(25)22-19(16-9-17(24)10-16)15-6-7-18(26-2)21-11-15/h3-8,11,16-17,19,24H,9-10H2,1-2H3,(H,22,25). The molecule has 2 aromatic rings. The van der Waals surface area contributed by atoms with Gasteiger partial charge in [-0.05, 0) is 43.4 Å². The molecule has 1 aliphatic rings. The van der Waals surface area contributed by atoms with Crippen molar-refractivity contribution in [2.75, 3.05) is 7.11 Å². The van der Waals surface area contributed by atoms with E-state index in [2.05, 4.69) is 10.3 Å². The molecule has 3 rings (SSSR count). The third kappa shape index (κ3) is 3.91. The molecule has 2 N–H and O–H groups in total. The lowest BCUT2D eigenvalue weighted by molar-refractivity contribution is 0.0234. The van der Waals surface area contributed by atoms with E-state index in [-0.39, 0.29) is 29.8 Å². The number of aliphatic hydroxyl groups excluding tert-OH is 1. The predicted molar refractivity (Wildman–Crippen MR) is 96.2 cm³/mol. The number of carbonyl (C=O) groups is 2. The van der Waals surface area contributed by atoms with Crippen LogP contribution < -0.4 is 10.1 Å². The molecule has 0 spiro atoms. The zero-order valence-electron chi connectivity index (χ0n) is 14.8. The van der Waals surface area contributed by atoms with Crippen molar-refractivity contribution in [3.63, 3.8) is 0 Å². The highest BCUT2D eigenvalue weighted by molar-refractivity contribution is 5.99. The molecule has 1 saturated carbocycles. The Balaban J connectivity index is 1.82. The largest absolute Gasteiger partial charge is 0.481 e. The van der Waals surface area contributed by atoms with Gasteiger partial charge in [0, 0.05) is 23.4 Å². The molecular formula is C20H22N2O4. The van der Waals surface area contributed by atoms with Crippen LogP contribution in [0.4, 0.5) is 0 Å². The van der Waals surface area contributed by atoms with Crippen LogP contribution >= 0.6 is 0 Å². The second-order valence-electron chi connectivity index (χ2n) is 6.61. The van der Waals surface area contributed by atoms with Crippen LogP contribution in [0.5, 0.6) is 5.88 Å². The van der Waals surface area contributed by atoms with Gasteiger partial charge in [-0.15, -0.1) is 0 Å². The average Bonchev–Trinajstić information content (AvgIpc) is 2.64. The zero-order valence-corrected chi connectivity index (χ0v) is 14.8. The van der Waals surface area contributed by atoms with Gasteiger partial charge in [-0.3, -0.25) is 9.59 Å². The number of hydrogen-bond donors (Lipinski definition) is 2. The van der Waals surface area contributed by atoms with Gasteiger partial charge in [0.05, 0.1) is 19.3 Å². The van der Waals surface area contributed by atoms with Crippen LogP contribution in [0.2, 0.25) is 0 Å². The highest BCUT2D eigenvalue weighted by Crippen LogP contribution is 2.38. The Hall–Kier alpha value is -2.73. The highest BCUT2D eigenvalue weighted by atomic mass is 16.5. The first kappa shape index (κ1) is 18.1. The highest BCUT2D eigenvalue weighted by Gasteiger charge is 2.36. The van der Waals surface area contributed by atoms with E-state index in [0.717, 1.165) is 5.56 Å². The summed E-state index contributed by atoms with van der Waals surface area (Å²) in [4.78, 5) is 28.5. The maximum atomic E-state index is 12.7. The molecule has 6 nitrogen and oxygen atoms in total. The van der Waals surface area contributed by atoms with Crippen molar-refractivity contribution < 1.29 is 19.4 Å². The first-order valence-electron chi connectivity index (χ1n) is 8.58. The van der Waals surface area contributed by atoms with Gasteiger partial charge in [-0.25, -0.2) is 4.98 Å². The van der Waals surface area contributed by atoms with Gasteiger partial charge in [0.25, 0.3) is 5.91 Å². The fraction of sp³-hybridized carbons (Fsp3) is 0.350. The second-order valence-corrected chi connectivity index (χ2v) is 6.61. The first-order chi connectivity index (χ1) is 12.5. The number of aromatic nitrogens is 1. The number of benzene rings is 1. The molecule has 1 aromatic heterocycles. The van der Waals surface area contributed by atoms with Gasteiger partial charge in [0.2, 0.25) is 5.88 Å². The maximum absolute atomic E-state index is 12.7. The van der Waals surface area contributed by atoms with E-state index in [1.807, 2.05) is 6.07 Å². The summed E-state index contributed by atoms with van der Waals surface area (Å²) in [6.45, 7) is 1.47. The number of ketones is 1. The summed E-state index contributed by atoms with van der Waals surface area (Å²) in [6, 6.07) is 10.0. The third-order valence-corrected chi connectivity index (χ3v) is 4.77. The molecule has 1 aliphatic carbocycles. The number of methoxy groups -OCH3 is 1. The molecule has 136 valence electrons. The van der Waals surface area contributed by atoms with Crippen LogP contribution in [0.3, 0.4) is 0 Å². The molecule has 26 heavy (non-hydrogen) atoms. The van der Waals surface area contributed by atoms with E-state index in [4.69, 9.17) is 4.74 Å². The number of Topliss-reactive ketones (excluding diaryl/α,β-unsaturated/α-hetero) is 1. The van der Waals surface area contributed by atoms with Gasteiger partial charge >= 0.3 is 0 Å². The number of amides is 1. The van der Waals surface area contributed by atoms with Gasteiger partial charge in [0.1, 0.15) is 0 Å². The molecule has 1 aromatic carbocycles. The van der Waals surface area contributed by atoms with Crippen molar-refractivity contribution in [1.29, 1.82) is 0 Å². The number of aliphatic hydroxyl groups is 1. The number of pyridine rings is 1. The van der Waals surface area contributed by atoms with Crippen molar-refractivity contribution in [2.45, 2.75) is 31.9 Å². The van der Waals surface area contributed by atoms with Crippen molar-refractivity contribution in [2.24, 2.45) is 5.92 Å². The Bertz CT molecular complexity index is 798. The van der Waals surface area contributed by atoms with Crippen molar-refractivity contribution in [3.05, 3.63) is 59.3 Å². The average molecular weight is 354 g/mol. The number of carbonyl (C=O) groups excluding carboxylic acids is 2. The smallest absolute Gasteiger partial charge is 0.251 e. The first-order valence-corrected chi connectivity index (χ1v) is 8.58. The van der Waals surface area contributed by atoms with Crippen molar-refractivity contribution >= 4 is 11.7 Å². The monoisotopic (exact) mass is 354 g/mol. The van der Waals surface area contributed by atoms with Crippen molar-refractivity contribution in [3.8, 4) is 5.88 Å². The van der Waals surface area contributed by atoms with Crippen LogP contribution in [0.1, 0.15) is 52.1 Å². The minimum atomic E-state index is -0.327. The maximum Gasteiger partial charge on any atom is 0.251 e. The Morgan fingerprint density at radius 2 is 1.96 bits per heavy atom. The van der Waals surface area contributed by atoms with Gasteiger partial charge in [-0.1, -0.05) is 18.2 Å². The summed E-state index contributed by atoms with van der Waals surface area (Å²) in [5.74, 6) is 0.301. The van der Waals surface area contributed by atoms with E-state index in [1.54, 1.807) is 43.6 Å². The molecule has 0 saturated heterocycles. The molecule has 6 heteroatoms. The van der Waals surface area contributed by atoms with E-state index < -0.39 is 0 Å². The number of nitrogens with one attached hydrogen (secondary N) is 1. The summed E-state index contributed by atoms with van der Waals surface area (Å²) in [5, 5.41) is 12.7. The molecule has 1 amide bonds. The lowest BCUT2D eigenvalue weighted by Crippen LogP contribution is -2.41. The van der Waals surface area contributed by atoms with Gasteiger partial charge in [-0.2, -0.15) is 0 Å². The van der Waals surface area contributed by atoms with Gasteiger partial charge < -0.3 is 15.2 Å². The topological polar surface area (TPSA) is 88.5 Å². The fourth-order valence-electron chi connectivity index (χ4n) is 3.18. The Morgan fingerprint density at radius 1 is 1.23 bits per heavy atom. The third-order valence-electron chi connectivity index (χ3n) is 4.77. The predicted octanol–water partition coefficient (Wildman–Crippen LogP) is 2.53. The second kappa shape index (κ2) is 7.66. The lowest BCUT2D eigenvalue weighted by atomic mass is 9.75. The Labute approximate surface area is 152 Å². The van der Waals surface area contributed by atoms with Crippen LogP contribution in [0.25, 0.3) is 0 Å². The SMILES string of the molecule is COc1ccc(C(NC(=O)c2cccc(C(C)=O)c2)C2CC(O)C2)cn1. The van der Waals surface area contributed by atoms with Crippen LogP contribution in [0.15, 0.2) is 42.6 Å². The lowest BCUT2D eigenvalue weighted by Gasteiger charge is -2.38. The summed E-state index contributed by atoms with van der Waals surface area (Å²) in [7, 11) is 1.55. The van der Waals surface area contributed by atoms with Crippen LogP contribution in [-0.2, 0) is 0 Å². The quantitative estimate of drug-likeness (QED) is 0.778. The minimum absolute atomic E-state index is 0.0855. The molecule has 0 bridgehead atoms. The van der Waals surface area contributed by atoms with Crippen LogP contribution in [0, 0.1) is 5.92 Å². The zero-order chi connectivity index (χ0) is 18.7. The molecule has 1 unspecified atom stereocenters.